The molecule has 0 bridgehead atoms. The van der Waals surface area contributed by atoms with Gasteiger partial charge in [-0.2, -0.15) is 0 Å². The fourth-order valence-corrected chi connectivity index (χ4v) is 5.06. The third-order valence-corrected chi connectivity index (χ3v) is 6.78. The number of hydrogen-bond acceptors (Lipinski definition) is 5. The molecule has 8 heteroatoms. The van der Waals surface area contributed by atoms with Crippen molar-refractivity contribution in [2.45, 2.75) is 19.3 Å². The van der Waals surface area contributed by atoms with Crippen LogP contribution in [0.4, 0.5) is 0 Å². The minimum atomic E-state index is 0. The maximum absolute atomic E-state index is 12.6. The van der Waals surface area contributed by atoms with E-state index in [4.69, 9.17) is 0 Å². The third-order valence-electron chi connectivity index (χ3n) is 4.90. The maximum atomic E-state index is 12.6. The van der Waals surface area contributed by atoms with Gasteiger partial charge in [-0.15, -0.1) is 47.5 Å². The minimum Gasteiger partial charge on any atom is -0.337 e. The smallest absolute Gasteiger partial charge is 0.273 e. The number of rotatable bonds is 2. The predicted octanol–water partition coefficient (Wildman–Crippen LogP) is 3.93. The molecule has 2 aromatic rings. The maximum Gasteiger partial charge on any atom is 0.273 e. The molecule has 1 spiro atoms. The summed E-state index contributed by atoms with van der Waals surface area (Å²) < 4.78 is 0. The van der Waals surface area contributed by atoms with E-state index in [-0.39, 0.29) is 30.7 Å². The average Bonchev–Trinajstić information content (AvgIpc) is 3.29. The largest absolute Gasteiger partial charge is 0.337 e. The first-order valence-electron chi connectivity index (χ1n) is 7.75. The van der Waals surface area contributed by atoms with E-state index in [1.54, 1.807) is 22.7 Å². The van der Waals surface area contributed by atoms with Gasteiger partial charge in [0.05, 0.1) is 4.88 Å². The Labute approximate surface area is 162 Å². The Morgan fingerprint density at radius 3 is 2.62 bits per heavy atom. The molecule has 132 valence electrons. The number of aromatic nitrogens is 1. The summed E-state index contributed by atoms with van der Waals surface area (Å²) in [6.07, 6.45) is 3.50. The van der Waals surface area contributed by atoms with Crippen molar-refractivity contribution >= 4 is 53.4 Å². The van der Waals surface area contributed by atoms with Crippen LogP contribution in [-0.4, -0.2) is 42.0 Å². The lowest BCUT2D eigenvalue weighted by atomic mass is 9.78. The van der Waals surface area contributed by atoms with Gasteiger partial charge in [-0.05, 0) is 42.7 Å². The summed E-state index contributed by atoms with van der Waals surface area (Å²) in [5.41, 5.74) is 1.05. The first-order valence-corrected chi connectivity index (χ1v) is 9.51. The lowest BCUT2D eigenvalue weighted by Crippen LogP contribution is -2.44. The van der Waals surface area contributed by atoms with Crippen molar-refractivity contribution in [3.05, 3.63) is 28.6 Å². The van der Waals surface area contributed by atoms with Gasteiger partial charge in [0, 0.05) is 25.0 Å². The van der Waals surface area contributed by atoms with Crippen molar-refractivity contribution in [3.8, 4) is 9.88 Å². The van der Waals surface area contributed by atoms with Crippen LogP contribution in [0.1, 0.15) is 29.8 Å². The van der Waals surface area contributed by atoms with E-state index < -0.39 is 0 Å². The SMILES string of the molecule is Cl.Cl.O=C(c1csc(-c2cccs2)n1)N1CCC2(CCNC2)CC1. The Morgan fingerprint density at radius 2 is 2.00 bits per heavy atom. The number of halogens is 2. The number of carbonyl (C=O) groups is 1. The van der Waals surface area contributed by atoms with Crippen molar-refractivity contribution in [1.29, 1.82) is 0 Å². The molecule has 4 nitrogen and oxygen atoms in total. The van der Waals surface area contributed by atoms with E-state index in [1.807, 2.05) is 21.7 Å². The van der Waals surface area contributed by atoms with Crippen molar-refractivity contribution < 1.29 is 4.79 Å². The highest BCUT2D eigenvalue weighted by Crippen LogP contribution is 2.37. The van der Waals surface area contributed by atoms with Gasteiger partial charge in [0.15, 0.2) is 0 Å². The Balaban J connectivity index is 0.00000104. The average molecular weight is 406 g/mol. The van der Waals surface area contributed by atoms with E-state index in [0.717, 1.165) is 48.9 Å². The highest BCUT2D eigenvalue weighted by molar-refractivity contribution is 7.20. The molecule has 2 aromatic heterocycles. The minimum absolute atomic E-state index is 0. The monoisotopic (exact) mass is 405 g/mol. The van der Waals surface area contributed by atoms with Crippen LogP contribution in [0.3, 0.4) is 0 Å². The molecule has 2 aliphatic rings. The quantitative estimate of drug-likeness (QED) is 0.822. The molecule has 0 aromatic carbocycles. The van der Waals surface area contributed by atoms with Gasteiger partial charge in [-0.3, -0.25) is 4.79 Å². The summed E-state index contributed by atoms with van der Waals surface area (Å²) in [5.74, 6) is 0.0971. The van der Waals surface area contributed by atoms with Crippen LogP contribution in [0, 0.1) is 5.41 Å². The number of nitrogens with one attached hydrogen (secondary N) is 1. The summed E-state index contributed by atoms with van der Waals surface area (Å²) >= 11 is 3.23. The summed E-state index contributed by atoms with van der Waals surface area (Å²) in [6, 6.07) is 4.07. The molecule has 1 amide bonds. The highest BCUT2D eigenvalue weighted by Gasteiger charge is 2.38. The van der Waals surface area contributed by atoms with Crippen LogP contribution in [0.5, 0.6) is 0 Å². The molecule has 0 unspecified atom stereocenters. The van der Waals surface area contributed by atoms with E-state index in [1.165, 1.54) is 6.42 Å². The van der Waals surface area contributed by atoms with Gasteiger partial charge >= 0.3 is 0 Å². The number of likely N-dealkylation sites (tertiary alicyclic amines) is 1. The van der Waals surface area contributed by atoms with Gasteiger partial charge in [-0.25, -0.2) is 4.98 Å². The third kappa shape index (κ3) is 3.78. The number of thiazole rings is 1. The normalized spacial score (nSPS) is 18.9. The van der Waals surface area contributed by atoms with Crippen LogP contribution >= 0.6 is 47.5 Å². The number of amides is 1. The number of carbonyl (C=O) groups excluding carboxylic acids is 1. The van der Waals surface area contributed by atoms with Crippen molar-refractivity contribution in [2.75, 3.05) is 26.2 Å². The van der Waals surface area contributed by atoms with E-state index in [0.29, 0.717) is 11.1 Å². The van der Waals surface area contributed by atoms with Crippen molar-refractivity contribution in [2.24, 2.45) is 5.41 Å². The fraction of sp³-hybridized carbons (Fsp3) is 0.500. The van der Waals surface area contributed by atoms with E-state index in [2.05, 4.69) is 16.4 Å². The molecule has 0 aliphatic carbocycles. The molecule has 4 rings (SSSR count). The van der Waals surface area contributed by atoms with Gasteiger partial charge in [0.2, 0.25) is 0 Å². The fourth-order valence-electron chi connectivity index (χ4n) is 3.45. The second-order valence-corrected chi connectivity index (χ2v) is 8.04. The number of thiophene rings is 1. The summed E-state index contributed by atoms with van der Waals surface area (Å²) in [7, 11) is 0. The zero-order valence-electron chi connectivity index (χ0n) is 13.2. The van der Waals surface area contributed by atoms with E-state index >= 15 is 0 Å². The van der Waals surface area contributed by atoms with Crippen LogP contribution in [0.2, 0.25) is 0 Å². The molecule has 0 saturated carbocycles. The van der Waals surface area contributed by atoms with Crippen molar-refractivity contribution in [1.82, 2.24) is 15.2 Å². The molecule has 1 N–H and O–H groups in total. The topological polar surface area (TPSA) is 45.2 Å². The summed E-state index contributed by atoms with van der Waals surface area (Å²) in [4.78, 5) is 20.3. The Hall–Kier alpha value is -0.660. The second-order valence-electron chi connectivity index (χ2n) is 6.23. The first-order chi connectivity index (χ1) is 10.8. The molecule has 2 aliphatic heterocycles. The molecule has 24 heavy (non-hydrogen) atoms. The Morgan fingerprint density at radius 1 is 1.21 bits per heavy atom. The molecule has 0 radical (unpaired) electrons. The zero-order valence-corrected chi connectivity index (χ0v) is 16.5. The van der Waals surface area contributed by atoms with E-state index in [9.17, 15) is 4.79 Å². The van der Waals surface area contributed by atoms with Crippen LogP contribution in [0.25, 0.3) is 9.88 Å². The molecular formula is C16H21Cl2N3OS2. The van der Waals surface area contributed by atoms with Gasteiger partial charge in [0.1, 0.15) is 10.7 Å². The Bertz CT molecular complexity index is 659. The highest BCUT2D eigenvalue weighted by atomic mass is 35.5. The summed E-state index contributed by atoms with van der Waals surface area (Å²) in [5, 5.41) is 8.36. The zero-order chi connectivity index (χ0) is 15.0. The molecule has 4 heterocycles. The Kier molecular flexibility index (Phi) is 6.67. The standard InChI is InChI=1S/C16H19N3OS2.2ClH/c20-15(12-10-22-14(18-12)13-2-1-9-21-13)19-7-4-16(5-8-19)3-6-17-11-16;;/h1-2,9-10,17H,3-8,11H2;2*1H. The first kappa shape index (κ1) is 19.7. The number of nitrogens with zero attached hydrogens (tertiary/aromatic N) is 2. The van der Waals surface area contributed by atoms with Gasteiger partial charge in [-0.1, -0.05) is 6.07 Å². The lowest BCUT2D eigenvalue weighted by Gasteiger charge is -2.38. The van der Waals surface area contributed by atoms with Crippen LogP contribution in [0.15, 0.2) is 22.9 Å². The lowest BCUT2D eigenvalue weighted by molar-refractivity contribution is 0.0603. The molecular weight excluding hydrogens is 385 g/mol. The molecule has 0 atom stereocenters. The van der Waals surface area contributed by atoms with Crippen LogP contribution < -0.4 is 5.32 Å². The summed E-state index contributed by atoms with van der Waals surface area (Å²) in [6.45, 7) is 3.98. The number of piperidine rings is 1. The molecule has 2 saturated heterocycles. The predicted molar refractivity (Wildman–Crippen MR) is 105 cm³/mol. The molecule has 2 fully saturated rings. The van der Waals surface area contributed by atoms with Crippen molar-refractivity contribution in [3.63, 3.8) is 0 Å². The van der Waals surface area contributed by atoms with Gasteiger partial charge in [0.25, 0.3) is 5.91 Å². The van der Waals surface area contributed by atoms with Crippen LogP contribution in [-0.2, 0) is 0 Å². The van der Waals surface area contributed by atoms with Gasteiger partial charge < -0.3 is 10.2 Å². The number of hydrogen-bond donors (Lipinski definition) is 1. The second kappa shape index (κ2) is 8.15.